The second-order valence-corrected chi connectivity index (χ2v) is 10.1. The minimum absolute atomic E-state index is 0.158. The van der Waals surface area contributed by atoms with Crippen molar-refractivity contribution in [2.45, 2.75) is 79.1 Å². The zero-order chi connectivity index (χ0) is 17.8. The maximum Gasteiger partial charge on any atom is 0.178 e. The molecule has 1 nitrogen and oxygen atoms in total. The molecule has 1 heteroatoms. The smallest absolute Gasteiger partial charge is 0.178 e. The van der Waals surface area contributed by atoms with E-state index in [1.165, 1.54) is 50.5 Å². The van der Waals surface area contributed by atoms with Crippen LogP contribution in [0, 0.1) is 40.4 Å². The van der Waals surface area contributed by atoms with E-state index in [0.29, 0.717) is 5.41 Å². The predicted molar refractivity (Wildman–Crippen MR) is 104 cm³/mol. The lowest BCUT2D eigenvalue weighted by Crippen LogP contribution is -2.50. The summed E-state index contributed by atoms with van der Waals surface area (Å²) in [5, 5.41) is 0. The number of allylic oxidation sites excluding steroid dienone is 4. The van der Waals surface area contributed by atoms with Crippen LogP contribution in [0.25, 0.3) is 0 Å². The third-order valence-electron chi connectivity index (χ3n) is 9.06. The SMILES string of the molecule is CCCC(C)C1CCC2C3CCC4=CC(=O)C=C[C@]4(C)C3CC[C@]12C. The third-order valence-corrected chi connectivity index (χ3v) is 9.06. The van der Waals surface area contributed by atoms with E-state index in [2.05, 4.69) is 33.8 Å². The average Bonchev–Trinajstić information content (AvgIpc) is 2.93. The van der Waals surface area contributed by atoms with Gasteiger partial charge in [0.05, 0.1) is 0 Å². The monoisotopic (exact) mass is 340 g/mol. The number of hydrogen-bond acceptors (Lipinski definition) is 1. The van der Waals surface area contributed by atoms with E-state index >= 15 is 0 Å². The van der Waals surface area contributed by atoms with Gasteiger partial charge in [-0.1, -0.05) is 52.2 Å². The maximum absolute atomic E-state index is 11.9. The molecule has 3 fully saturated rings. The maximum atomic E-state index is 11.9. The van der Waals surface area contributed by atoms with Crippen LogP contribution in [-0.2, 0) is 4.79 Å². The van der Waals surface area contributed by atoms with E-state index in [9.17, 15) is 4.79 Å². The molecule has 5 unspecified atom stereocenters. The molecule has 4 aliphatic rings. The number of carbonyl (C=O) groups is 1. The van der Waals surface area contributed by atoms with Gasteiger partial charge in [0.1, 0.15) is 0 Å². The molecule has 0 aromatic rings. The first-order valence-corrected chi connectivity index (χ1v) is 10.8. The van der Waals surface area contributed by atoms with Gasteiger partial charge in [0.15, 0.2) is 5.78 Å². The van der Waals surface area contributed by atoms with E-state index in [-0.39, 0.29) is 11.2 Å². The van der Waals surface area contributed by atoms with Gasteiger partial charge >= 0.3 is 0 Å². The molecule has 0 saturated heterocycles. The number of fused-ring (bicyclic) bond motifs is 5. The summed E-state index contributed by atoms with van der Waals surface area (Å²) in [6.07, 6.45) is 17.0. The molecule has 0 aliphatic heterocycles. The lowest BCUT2D eigenvalue weighted by Gasteiger charge is -2.57. The molecule has 25 heavy (non-hydrogen) atoms. The van der Waals surface area contributed by atoms with Gasteiger partial charge < -0.3 is 0 Å². The molecule has 4 aliphatic carbocycles. The number of rotatable bonds is 3. The molecule has 0 spiro atoms. The minimum Gasteiger partial charge on any atom is -0.290 e. The van der Waals surface area contributed by atoms with Crippen LogP contribution in [0.3, 0.4) is 0 Å². The van der Waals surface area contributed by atoms with Gasteiger partial charge in [0.25, 0.3) is 0 Å². The van der Waals surface area contributed by atoms with Crippen molar-refractivity contribution in [2.75, 3.05) is 0 Å². The van der Waals surface area contributed by atoms with E-state index in [0.717, 1.165) is 36.0 Å². The van der Waals surface area contributed by atoms with Gasteiger partial charge in [-0.2, -0.15) is 0 Å². The second kappa shape index (κ2) is 6.10. The third kappa shape index (κ3) is 2.52. The van der Waals surface area contributed by atoms with Crippen LogP contribution in [0.4, 0.5) is 0 Å². The van der Waals surface area contributed by atoms with Gasteiger partial charge in [-0.25, -0.2) is 0 Å². The molecule has 0 heterocycles. The zero-order valence-electron chi connectivity index (χ0n) is 16.7. The Balaban J connectivity index is 1.61. The first-order chi connectivity index (χ1) is 11.9. The molecule has 0 N–H and O–H groups in total. The quantitative estimate of drug-likeness (QED) is 0.585. The molecule has 0 aromatic heterocycles. The standard InChI is InChI=1S/C24H36O/c1-5-6-16(2)20-9-10-21-19-8-7-17-15-18(25)11-13-23(17,3)22(19)12-14-24(20,21)4/h11,13,15-16,19-22H,5-10,12,14H2,1-4H3/t16?,19?,20?,21?,22?,23-,24+/m0/s1. The van der Waals surface area contributed by atoms with E-state index in [4.69, 9.17) is 0 Å². The molecule has 138 valence electrons. The largest absolute Gasteiger partial charge is 0.290 e. The first kappa shape index (κ1) is 17.6. The Morgan fingerprint density at radius 3 is 2.72 bits per heavy atom. The van der Waals surface area contributed by atoms with E-state index < -0.39 is 0 Å². The Bertz CT molecular complexity index is 614. The van der Waals surface area contributed by atoms with Crippen LogP contribution in [0.1, 0.15) is 79.1 Å². The van der Waals surface area contributed by atoms with Crippen LogP contribution in [0.15, 0.2) is 23.8 Å². The van der Waals surface area contributed by atoms with Crippen LogP contribution in [0.2, 0.25) is 0 Å². The van der Waals surface area contributed by atoms with E-state index in [1.54, 1.807) is 0 Å². The van der Waals surface area contributed by atoms with Crippen LogP contribution >= 0.6 is 0 Å². The molecular formula is C24H36O. The fourth-order valence-corrected chi connectivity index (χ4v) is 7.83. The molecule has 0 aromatic carbocycles. The topological polar surface area (TPSA) is 17.1 Å². The molecule has 0 amide bonds. The van der Waals surface area contributed by atoms with Crippen molar-refractivity contribution in [3.63, 3.8) is 0 Å². The number of ketones is 1. The minimum atomic E-state index is 0.158. The Kier molecular flexibility index (Phi) is 4.28. The summed E-state index contributed by atoms with van der Waals surface area (Å²) < 4.78 is 0. The molecule has 4 rings (SSSR count). The van der Waals surface area contributed by atoms with E-state index in [1.807, 2.05) is 12.2 Å². The predicted octanol–water partition coefficient (Wildman–Crippen LogP) is 6.35. The summed E-state index contributed by atoms with van der Waals surface area (Å²) in [5.74, 6) is 4.58. The van der Waals surface area contributed by atoms with Crippen molar-refractivity contribution in [3.8, 4) is 0 Å². The number of carbonyl (C=O) groups excluding carboxylic acids is 1. The van der Waals surface area contributed by atoms with Gasteiger partial charge in [-0.3, -0.25) is 4.79 Å². The highest BCUT2D eigenvalue weighted by Gasteiger charge is 2.58. The zero-order valence-corrected chi connectivity index (χ0v) is 16.7. The average molecular weight is 341 g/mol. The lowest BCUT2D eigenvalue weighted by molar-refractivity contribution is -0.111. The van der Waals surface area contributed by atoms with Gasteiger partial charge in [0.2, 0.25) is 0 Å². The van der Waals surface area contributed by atoms with Crippen molar-refractivity contribution in [1.29, 1.82) is 0 Å². The Morgan fingerprint density at radius 2 is 1.96 bits per heavy atom. The highest BCUT2D eigenvalue weighted by molar-refractivity contribution is 6.01. The summed E-state index contributed by atoms with van der Waals surface area (Å²) in [6, 6.07) is 0. The fraction of sp³-hybridized carbons (Fsp3) is 0.792. The Labute approximate surface area is 154 Å². The Hall–Kier alpha value is -0.850. The molecule has 0 bridgehead atoms. The van der Waals surface area contributed by atoms with Crippen molar-refractivity contribution >= 4 is 5.78 Å². The van der Waals surface area contributed by atoms with Crippen molar-refractivity contribution in [3.05, 3.63) is 23.8 Å². The molecule has 7 atom stereocenters. The van der Waals surface area contributed by atoms with Crippen LogP contribution < -0.4 is 0 Å². The fourth-order valence-electron chi connectivity index (χ4n) is 7.83. The summed E-state index contributed by atoms with van der Waals surface area (Å²) in [4.78, 5) is 11.9. The Morgan fingerprint density at radius 1 is 1.16 bits per heavy atom. The molecule has 3 saturated carbocycles. The van der Waals surface area contributed by atoms with Crippen LogP contribution in [0.5, 0.6) is 0 Å². The second-order valence-electron chi connectivity index (χ2n) is 10.1. The summed E-state index contributed by atoms with van der Waals surface area (Å²) in [5.41, 5.74) is 2.16. The first-order valence-electron chi connectivity index (χ1n) is 10.8. The summed E-state index contributed by atoms with van der Waals surface area (Å²) in [6.45, 7) is 9.93. The normalized spacial score (nSPS) is 46.9. The van der Waals surface area contributed by atoms with Crippen molar-refractivity contribution in [1.82, 2.24) is 0 Å². The van der Waals surface area contributed by atoms with Gasteiger partial charge in [-0.05, 0) is 85.7 Å². The number of hydrogen-bond donors (Lipinski definition) is 0. The summed E-state index contributed by atoms with van der Waals surface area (Å²) in [7, 11) is 0. The summed E-state index contributed by atoms with van der Waals surface area (Å²) >= 11 is 0. The highest BCUT2D eigenvalue weighted by atomic mass is 16.1. The van der Waals surface area contributed by atoms with Crippen LogP contribution in [-0.4, -0.2) is 5.78 Å². The molecular weight excluding hydrogens is 304 g/mol. The van der Waals surface area contributed by atoms with Crippen molar-refractivity contribution in [2.24, 2.45) is 40.4 Å². The lowest BCUT2D eigenvalue weighted by atomic mass is 9.47. The molecule has 0 radical (unpaired) electrons. The highest BCUT2D eigenvalue weighted by Crippen LogP contribution is 2.67. The van der Waals surface area contributed by atoms with Gasteiger partial charge in [-0.15, -0.1) is 0 Å². The van der Waals surface area contributed by atoms with Gasteiger partial charge in [0, 0.05) is 5.41 Å². The van der Waals surface area contributed by atoms with Crippen molar-refractivity contribution < 1.29 is 4.79 Å².